The van der Waals surface area contributed by atoms with Crippen molar-refractivity contribution in [3.05, 3.63) is 65.7 Å². The molecule has 0 spiro atoms. The van der Waals surface area contributed by atoms with Crippen LogP contribution in [0.5, 0.6) is 0 Å². The molecule has 0 unspecified atom stereocenters. The van der Waals surface area contributed by atoms with Crippen LogP contribution in [0.3, 0.4) is 0 Å². The number of carbonyl (C=O) groups excluding carboxylic acids is 2. The summed E-state index contributed by atoms with van der Waals surface area (Å²) in [5.41, 5.74) is 1.33. The zero-order chi connectivity index (χ0) is 19.2. The lowest BCUT2D eigenvalue weighted by Crippen LogP contribution is -2.50. The Kier molecular flexibility index (Phi) is 6.13. The minimum Gasteiger partial charge on any atom is -0.340 e. The van der Waals surface area contributed by atoms with Gasteiger partial charge in [-0.1, -0.05) is 12.1 Å². The molecule has 5 nitrogen and oxygen atoms in total. The van der Waals surface area contributed by atoms with E-state index in [4.69, 9.17) is 0 Å². The van der Waals surface area contributed by atoms with Crippen molar-refractivity contribution >= 4 is 17.5 Å². The molecule has 0 bridgehead atoms. The fraction of sp³-hybridized carbons (Fsp3) is 0.300. The lowest BCUT2D eigenvalue weighted by atomic mass is 10.1. The minimum absolute atomic E-state index is 0.00276. The first kappa shape index (κ1) is 19.0. The maximum absolute atomic E-state index is 12.9. The Morgan fingerprint density at radius 1 is 0.852 bits per heavy atom. The molecule has 2 aromatic rings. The number of amides is 2. The summed E-state index contributed by atoms with van der Waals surface area (Å²) in [6, 6.07) is 11.5. The van der Waals surface area contributed by atoms with E-state index in [2.05, 4.69) is 5.32 Å². The van der Waals surface area contributed by atoms with Crippen molar-refractivity contribution in [2.24, 2.45) is 0 Å². The summed E-state index contributed by atoms with van der Waals surface area (Å²) in [5, 5.41) is 2.73. The van der Waals surface area contributed by atoms with E-state index >= 15 is 0 Å². The highest BCUT2D eigenvalue weighted by Gasteiger charge is 2.22. The average Bonchev–Trinajstić information content (AvgIpc) is 2.66. The second-order valence-electron chi connectivity index (χ2n) is 6.52. The summed E-state index contributed by atoms with van der Waals surface area (Å²) >= 11 is 0. The van der Waals surface area contributed by atoms with Gasteiger partial charge < -0.3 is 10.2 Å². The van der Waals surface area contributed by atoms with Crippen molar-refractivity contribution in [2.45, 2.75) is 6.42 Å². The molecule has 0 atom stereocenters. The Hall–Kier alpha value is -2.80. The van der Waals surface area contributed by atoms with Gasteiger partial charge >= 0.3 is 0 Å². The minimum atomic E-state index is -0.352. The molecule has 1 N–H and O–H groups in total. The van der Waals surface area contributed by atoms with E-state index in [0.29, 0.717) is 31.9 Å². The predicted molar refractivity (Wildman–Crippen MR) is 98.2 cm³/mol. The van der Waals surface area contributed by atoms with E-state index in [1.165, 1.54) is 36.4 Å². The van der Waals surface area contributed by atoms with Crippen molar-refractivity contribution in [1.82, 2.24) is 9.80 Å². The zero-order valence-electron chi connectivity index (χ0n) is 14.8. The molecule has 2 amide bonds. The smallest absolute Gasteiger partial charge is 0.238 e. The van der Waals surface area contributed by atoms with Gasteiger partial charge in [0.05, 0.1) is 13.0 Å². The highest BCUT2D eigenvalue weighted by Crippen LogP contribution is 2.10. The lowest BCUT2D eigenvalue weighted by Gasteiger charge is -2.34. The van der Waals surface area contributed by atoms with Crippen molar-refractivity contribution in [1.29, 1.82) is 0 Å². The topological polar surface area (TPSA) is 52.7 Å². The van der Waals surface area contributed by atoms with Crippen LogP contribution in [0.15, 0.2) is 48.5 Å². The number of hydrogen-bond acceptors (Lipinski definition) is 3. The van der Waals surface area contributed by atoms with E-state index in [1.54, 1.807) is 17.0 Å². The van der Waals surface area contributed by atoms with Gasteiger partial charge in [0, 0.05) is 31.9 Å². The van der Waals surface area contributed by atoms with Crippen molar-refractivity contribution < 1.29 is 18.4 Å². The van der Waals surface area contributed by atoms with Crippen LogP contribution in [0.25, 0.3) is 0 Å². The number of rotatable bonds is 5. The first-order chi connectivity index (χ1) is 13.0. The van der Waals surface area contributed by atoms with Crippen molar-refractivity contribution in [3.63, 3.8) is 0 Å². The van der Waals surface area contributed by atoms with E-state index in [1.807, 2.05) is 4.90 Å². The molecule has 1 aliphatic rings. The van der Waals surface area contributed by atoms with Gasteiger partial charge in [0.25, 0.3) is 0 Å². The summed E-state index contributed by atoms with van der Waals surface area (Å²) in [7, 11) is 0. The molecule has 2 aromatic carbocycles. The molecule has 0 saturated carbocycles. The summed E-state index contributed by atoms with van der Waals surface area (Å²) in [4.78, 5) is 28.2. The number of piperazine rings is 1. The Bertz CT molecular complexity index is 786. The first-order valence-corrected chi connectivity index (χ1v) is 8.79. The van der Waals surface area contributed by atoms with Gasteiger partial charge in [-0.2, -0.15) is 0 Å². The highest BCUT2D eigenvalue weighted by molar-refractivity contribution is 5.92. The lowest BCUT2D eigenvalue weighted by molar-refractivity contribution is -0.132. The van der Waals surface area contributed by atoms with Crippen LogP contribution in [0.2, 0.25) is 0 Å². The molecule has 1 heterocycles. The fourth-order valence-corrected chi connectivity index (χ4v) is 2.98. The monoisotopic (exact) mass is 373 g/mol. The molecular weight excluding hydrogens is 352 g/mol. The molecule has 142 valence electrons. The summed E-state index contributed by atoms with van der Waals surface area (Å²) < 4.78 is 25.8. The van der Waals surface area contributed by atoms with Crippen LogP contribution in [0.4, 0.5) is 14.5 Å². The molecular formula is C20H21F2N3O2. The Morgan fingerprint density at radius 3 is 2.00 bits per heavy atom. The molecule has 27 heavy (non-hydrogen) atoms. The Labute approximate surface area is 156 Å². The standard InChI is InChI=1S/C20H21F2N3O2/c21-16-3-1-15(2-4-16)13-20(27)25-11-9-24(10-12-25)14-19(26)23-18-7-5-17(22)6-8-18/h1-8H,9-14H2,(H,23,26). The third-order valence-electron chi connectivity index (χ3n) is 4.49. The van der Waals surface area contributed by atoms with Crippen molar-refractivity contribution in [2.75, 3.05) is 38.0 Å². The summed E-state index contributed by atoms with van der Waals surface area (Å²) in [6.45, 7) is 2.52. The van der Waals surface area contributed by atoms with Gasteiger partial charge in [-0.05, 0) is 42.0 Å². The van der Waals surface area contributed by atoms with Gasteiger partial charge in [0.1, 0.15) is 11.6 Å². The van der Waals surface area contributed by atoms with Crippen LogP contribution in [-0.4, -0.2) is 54.3 Å². The van der Waals surface area contributed by atoms with Crippen LogP contribution >= 0.6 is 0 Å². The summed E-state index contributed by atoms with van der Waals surface area (Å²) in [6.07, 6.45) is 0.241. The number of anilines is 1. The normalized spacial score (nSPS) is 14.8. The zero-order valence-corrected chi connectivity index (χ0v) is 14.8. The van der Waals surface area contributed by atoms with Crippen LogP contribution in [0.1, 0.15) is 5.56 Å². The van der Waals surface area contributed by atoms with Gasteiger partial charge in [-0.3, -0.25) is 14.5 Å². The fourth-order valence-electron chi connectivity index (χ4n) is 2.98. The van der Waals surface area contributed by atoms with Gasteiger partial charge in [-0.25, -0.2) is 8.78 Å². The molecule has 7 heteroatoms. The molecule has 0 aromatic heterocycles. The molecule has 0 radical (unpaired) electrons. The van der Waals surface area contributed by atoms with E-state index in [0.717, 1.165) is 5.56 Å². The number of nitrogens with one attached hydrogen (secondary N) is 1. The van der Waals surface area contributed by atoms with Gasteiger partial charge in [0.15, 0.2) is 0 Å². The molecule has 1 saturated heterocycles. The predicted octanol–water partition coefficient (Wildman–Crippen LogP) is 2.29. The number of benzene rings is 2. The van der Waals surface area contributed by atoms with Gasteiger partial charge in [0.2, 0.25) is 11.8 Å². The molecule has 1 aliphatic heterocycles. The maximum Gasteiger partial charge on any atom is 0.238 e. The number of hydrogen-bond donors (Lipinski definition) is 1. The maximum atomic E-state index is 12.9. The van der Waals surface area contributed by atoms with Crippen molar-refractivity contribution in [3.8, 4) is 0 Å². The average molecular weight is 373 g/mol. The molecule has 0 aliphatic carbocycles. The Balaban J connectivity index is 1.42. The van der Waals surface area contributed by atoms with E-state index < -0.39 is 0 Å². The second-order valence-corrected chi connectivity index (χ2v) is 6.52. The Morgan fingerprint density at radius 2 is 1.41 bits per heavy atom. The van der Waals surface area contributed by atoms with E-state index in [-0.39, 0.29) is 36.4 Å². The van der Waals surface area contributed by atoms with Crippen LogP contribution < -0.4 is 5.32 Å². The largest absolute Gasteiger partial charge is 0.340 e. The second kappa shape index (κ2) is 8.73. The van der Waals surface area contributed by atoms with E-state index in [9.17, 15) is 18.4 Å². The van der Waals surface area contributed by atoms with Crippen LogP contribution in [0, 0.1) is 11.6 Å². The first-order valence-electron chi connectivity index (χ1n) is 8.79. The van der Waals surface area contributed by atoms with Gasteiger partial charge in [-0.15, -0.1) is 0 Å². The highest BCUT2D eigenvalue weighted by atomic mass is 19.1. The molecule has 3 rings (SSSR count). The number of halogens is 2. The van der Waals surface area contributed by atoms with Crippen LogP contribution in [-0.2, 0) is 16.0 Å². The number of nitrogens with zero attached hydrogens (tertiary/aromatic N) is 2. The third kappa shape index (κ3) is 5.59. The SMILES string of the molecule is O=C(CN1CCN(C(=O)Cc2ccc(F)cc2)CC1)Nc1ccc(F)cc1. The third-order valence-corrected chi connectivity index (χ3v) is 4.49. The quantitative estimate of drug-likeness (QED) is 0.875. The molecule has 1 fully saturated rings. The summed E-state index contributed by atoms with van der Waals surface area (Å²) in [5.74, 6) is -0.849. The number of carbonyl (C=O) groups is 2.